The Bertz CT molecular complexity index is 1040. The first-order chi connectivity index (χ1) is 15.1. The fourth-order valence-electron chi connectivity index (χ4n) is 3.13. The van der Waals surface area contributed by atoms with Crippen molar-refractivity contribution in [2.24, 2.45) is 0 Å². The molecule has 1 saturated heterocycles. The molecule has 0 amide bonds. The predicted molar refractivity (Wildman–Crippen MR) is 118 cm³/mol. The zero-order valence-corrected chi connectivity index (χ0v) is 16.9. The summed E-state index contributed by atoms with van der Waals surface area (Å²) in [4.78, 5) is 21.8. The van der Waals surface area contributed by atoms with Crippen LogP contribution in [0.3, 0.4) is 0 Å². The first-order valence-electron chi connectivity index (χ1n) is 9.75. The van der Waals surface area contributed by atoms with Gasteiger partial charge in [0.1, 0.15) is 17.4 Å². The molecule has 0 radical (unpaired) electrons. The molecule has 1 aromatic heterocycles. The van der Waals surface area contributed by atoms with E-state index in [0.717, 1.165) is 30.3 Å². The van der Waals surface area contributed by atoms with Gasteiger partial charge in [0.2, 0.25) is 5.95 Å². The smallest absolute Gasteiger partial charge is 0.269 e. The third-order valence-electron chi connectivity index (χ3n) is 4.74. The summed E-state index contributed by atoms with van der Waals surface area (Å²) in [5.74, 6) is 2.53. The predicted octanol–water partition coefficient (Wildman–Crippen LogP) is 3.72. The average molecular weight is 422 g/mol. The van der Waals surface area contributed by atoms with E-state index in [-0.39, 0.29) is 5.69 Å². The van der Waals surface area contributed by atoms with E-state index in [2.05, 4.69) is 25.5 Å². The number of morpholine rings is 1. The summed E-state index contributed by atoms with van der Waals surface area (Å²) in [6.07, 6.45) is 0. The van der Waals surface area contributed by atoms with Crippen LogP contribution in [0.15, 0.2) is 54.6 Å². The van der Waals surface area contributed by atoms with Crippen molar-refractivity contribution in [3.05, 3.63) is 64.7 Å². The molecule has 160 valence electrons. The van der Waals surface area contributed by atoms with Gasteiger partial charge in [0.05, 0.1) is 25.2 Å². The third-order valence-corrected chi connectivity index (χ3v) is 4.74. The number of nitrogens with zero attached hydrogens (tertiary/aromatic N) is 4. The molecule has 1 aliphatic rings. The van der Waals surface area contributed by atoms with Crippen LogP contribution in [-0.4, -0.2) is 48.3 Å². The van der Waals surface area contributed by atoms with Crippen molar-refractivity contribution in [2.75, 3.05) is 48.9 Å². The number of anilines is 5. The van der Waals surface area contributed by atoms with E-state index in [4.69, 9.17) is 9.47 Å². The minimum atomic E-state index is -0.434. The highest BCUT2D eigenvalue weighted by Crippen LogP contribution is 2.25. The summed E-state index contributed by atoms with van der Waals surface area (Å²) < 4.78 is 10.6. The van der Waals surface area contributed by atoms with Crippen molar-refractivity contribution in [1.82, 2.24) is 9.97 Å². The lowest BCUT2D eigenvalue weighted by Crippen LogP contribution is -2.36. The van der Waals surface area contributed by atoms with Gasteiger partial charge in [-0.05, 0) is 36.4 Å². The summed E-state index contributed by atoms with van der Waals surface area (Å²) in [5.41, 5.74) is 1.53. The fourth-order valence-corrected chi connectivity index (χ4v) is 3.13. The van der Waals surface area contributed by atoms with Crippen molar-refractivity contribution in [2.45, 2.75) is 0 Å². The number of non-ortho nitro benzene ring substituents is 1. The molecule has 1 fully saturated rings. The van der Waals surface area contributed by atoms with E-state index >= 15 is 0 Å². The zero-order valence-electron chi connectivity index (χ0n) is 16.9. The van der Waals surface area contributed by atoms with Gasteiger partial charge in [0.15, 0.2) is 0 Å². The van der Waals surface area contributed by atoms with Gasteiger partial charge in [-0.3, -0.25) is 10.1 Å². The summed E-state index contributed by atoms with van der Waals surface area (Å²) in [5, 5.41) is 17.3. The summed E-state index contributed by atoms with van der Waals surface area (Å²) in [6.45, 7) is 2.73. The lowest BCUT2D eigenvalue weighted by Gasteiger charge is -2.28. The number of ether oxygens (including phenoxy) is 2. The van der Waals surface area contributed by atoms with Gasteiger partial charge < -0.3 is 25.0 Å². The average Bonchev–Trinajstić information content (AvgIpc) is 2.80. The lowest BCUT2D eigenvalue weighted by atomic mass is 10.3. The van der Waals surface area contributed by atoms with Crippen LogP contribution in [0.25, 0.3) is 0 Å². The number of nitro benzene ring substituents is 1. The van der Waals surface area contributed by atoms with E-state index in [1.165, 1.54) is 12.1 Å². The van der Waals surface area contributed by atoms with Crippen molar-refractivity contribution < 1.29 is 14.4 Å². The van der Waals surface area contributed by atoms with Gasteiger partial charge >= 0.3 is 0 Å². The SMILES string of the molecule is COc1ccc(Nc2cc(N3CCOCC3)nc(Nc3ccc([N+](=O)[O-])cc3)n2)cc1. The quantitative estimate of drug-likeness (QED) is 0.434. The molecule has 0 aliphatic carbocycles. The van der Waals surface area contributed by atoms with Crippen molar-refractivity contribution in [1.29, 1.82) is 0 Å². The van der Waals surface area contributed by atoms with Crippen LogP contribution in [0.1, 0.15) is 0 Å². The number of nitro groups is 1. The van der Waals surface area contributed by atoms with Gasteiger partial charge in [-0.25, -0.2) is 0 Å². The number of aromatic nitrogens is 2. The van der Waals surface area contributed by atoms with Crippen molar-refractivity contribution in [3.8, 4) is 5.75 Å². The summed E-state index contributed by atoms with van der Waals surface area (Å²) >= 11 is 0. The lowest BCUT2D eigenvalue weighted by molar-refractivity contribution is -0.384. The Labute approximate surface area is 179 Å². The highest BCUT2D eigenvalue weighted by Gasteiger charge is 2.16. The number of hydrogen-bond acceptors (Lipinski definition) is 9. The molecule has 1 aliphatic heterocycles. The van der Waals surface area contributed by atoms with E-state index < -0.39 is 4.92 Å². The zero-order chi connectivity index (χ0) is 21.6. The molecule has 0 atom stereocenters. The molecule has 0 spiro atoms. The molecule has 2 N–H and O–H groups in total. The Hall–Kier alpha value is -3.92. The van der Waals surface area contributed by atoms with E-state index in [9.17, 15) is 10.1 Å². The van der Waals surface area contributed by atoms with Crippen LogP contribution in [0.2, 0.25) is 0 Å². The number of hydrogen-bond donors (Lipinski definition) is 2. The molecule has 31 heavy (non-hydrogen) atoms. The largest absolute Gasteiger partial charge is 0.497 e. The van der Waals surface area contributed by atoms with Crippen LogP contribution in [-0.2, 0) is 4.74 Å². The molecule has 4 rings (SSSR count). The van der Waals surface area contributed by atoms with Gasteiger partial charge in [-0.1, -0.05) is 0 Å². The third kappa shape index (κ3) is 5.17. The maximum absolute atomic E-state index is 10.9. The van der Waals surface area contributed by atoms with E-state index in [1.807, 2.05) is 30.3 Å². The number of rotatable bonds is 7. The van der Waals surface area contributed by atoms with Crippen LogP contribution in [0.5, 0.6) is 5.75 Å². The molecule has 10 heteroatoms. The van der Waals surface area contributed by atoms with Gasteiger partial charge in [-0.2, -0.15) is 9.97 Å². The molecule has 0 unspecified atom stereocenters. The second kappa shape index (κ2) is 9.26. The monoisotopic (exact) mass is 422 g/mol. The van der Waals surface area contributed by atoms with E-state index in [1.54, 1.807) is 19.2 Å². The Morgan fingerprint density at radius 3 is 2.29 bits per heavy atom. The number of methoxy groups -OCH3 is 1. The van der Waals surface area contributed by atoms with Gasteiger partial charge in [0.25, 0.3) is 5.69 Å². The van der Waals surface area contributed by atoms with Crippen molar-refractivity contribution in [3.63, 3.8) is 0 Å². The Morgan fingerprint density at radius 1 is 1.00 bits per heavy atom. The minimum Gasteiger partial charge on any atom is -0.497 e. The van der Waals surface area contributed by atoms with Crippen LogP contribution in [0.4, 0.5) is 34.6 Å². The Balaban J connectivity index is 1.60. The molecule has 10 nitrogen and oxygen atoms in total. The van der Waals surface area contributed by atoms with E-state index in [0.29, 0.717) is 30.7 Å². The highest BCUT2D eigenvalue weighted by molar-refractivity contribution is 5.65. The standard InChI is InChI=1S/C21H22N6O4/c1-30-18-8-4-15(5-9-18)22-19-14-20(26-10-12-31-13-11-26)25-21(24-19)23-16-2-6-17(7-3-16)27(28)29/h2-9,14H,10-13H2,1H3,(H2,22,23,24,25). The van der Waals surface area contributed by atoms with Crippen LogP contribution in [0, 0.1) is 10.1 Å². The molecule has 2 aromatic carbocycles. The normalized spacial score (nSPS) is 13.5. The number of nitrogens with one attached hydrogen (secondary N) is 2. The summed E-state index contributed by atoms with van der Waals surface area (Å²) in [6, 6.07) is 15.5. The van der Waals surface area contributed by atoms with Gasteiger partial charge in [-0.15, -0.1) is 0 Å². The molecular formula is C21H22N6O4. The van der Waals surface area contributed by atoms with Crippen LogP contribution >= 0.6 is 0 Å². The van der Waals surface area contributed by atoms with Gasteiger partial charge in [0, 0.05) is 42.7 Å². The molecule has 0 saturated carbocycles. The highest BCUT2D eigenvalue weighted by atomic mass is 16.6. The topological polar surface area (TPSA) is 115 Å². The first kappa shape index (κ1) is 20.4. The molecular weight excluding hydrogens is 400 g/mol. The first-order valence-corrected chi connectivity index (χ1v) is 9.75. The van der Waals surface area contributed by atoms with Crippen LogP contribution < -0.4 is 20.3 Å². The Kier molecular flexibility index (Phi) is 6.08. The molecule has 3 aromatic rings. The minimum absolute atomic E-state index is 0.0235. The van der Waals surface area contributed by atoms with Crippen molar-refractivity contribution >= 4 is 34.6 Å². The maximum atomic E-state index is 10.9. The second-order valence-electron chi connectivity index (χ2n) is 6.82. The second-order valence-corrected chi connectivity index (χ2v) is 6.82. The molecule has 2 heterocycles. The molecule has 0 bridgehead atoms. The summed E-state index contributed by atoms with van der Waals surface area (Å²) in [7, 11) is 1.62. The number of benzene rings is 2. The fraction of sp³-hybridized carbons (Fsp3) is 0.238. The maximum Gasteiger partial charge on any atom is 0.269 e. The Morgan fingerprint density at radius 2 is 1.65 bits per heavy atom.